The van der Waals surface area contributed by atoms with E-state index < -0.39 is 0 Å². The third-order valence-corrected chi connectivity index (χ3v) is 6.69. The molecular formula is C21H29NO3. The molecule has 1 aromatic rings. The van der Waals surface area contributed by atoms with Crippen LogP contribution in [0.4, 0.5) is 0 Å². The van der Waals surface area contributed by atoms with Gasteiger partial charge in [0.05, 0.1) is 13.2 Å². The van der Waals surface area contributed by atoms with Crippen molar-refractivity contribution >= 4 is 5.78 Å². The maximum absolute atomic E-state index is 12.1. The highest BCUT2D eigenvalue weighted by molar-refractivity contribution is 5.81. The predicted octanol–water partition coefficient (Wildman–Crippen LogP) is 3.71. The first kappa shape index (κ1) is 16.9. The average Bonchev–Trinajstić information content (AvgIpc) is 3.24. The van der Waals surface area contributed by atoms with Crippen molar-refractivity contribution in [3.05, 3.63) is 23.8 Å². The van der Waals surface area contributed by atoms with E-state index in [2.05, 4.69) is 30.1 Å². The fourth-order valence-corrected chi connectivity index (χ4v) is 5.19. The van der Waals surface area contributed by atoms with Crippen LogP contribution < -0.4 is 9.47 Å². The molecule has 1 aliphatic heterocycles. The largest absolute Gasteiger partial charge is 0.493 e. The molecule has 136 valence electrons. The number of carbonyl (C=O) groups is 1. The summed E-state index contributed by atoms with van der Waals surface area (Å²) in [5, 5.41) is 0. The summed E-state index contributed by atoms with van der Waals surface area (Å²) in [5.41, 5.74) is 1.41. The number of carbonyl (C=O) groups excluding carboxylic acids is 1. The number of Topliss-reactive ketones (excluding diaryl/α,β-unsaturated/α-hetero) is 1. The van der Waals surface area contributed by atoms with Gasteiger partial charge < -0.3 is 14.4 Å². The number of hydrogen-bond acceptors (Lipinski definition) is 4. The van der Waals surface area contributed by atoms with Crippen LogP contribution in [0.5, 0.6) is 11.5 Å². The Morgan fingerprint density at radius 2 is 1.96 bits per heavy atom. The summed E-state index contributed by atoms with van der Waals surface area (Å²) in [6, 6.07) is 6.78. The summed E-state index contributed by atoms with van der Waals surface area (Å²) in [6.07, 6.45) is 8.56. The van der Waals surface area contributed by atoms with Gasteiger partial charge in [-0.3, -0.25) is 4.79 Å². The predicted molar refractivity (Wildman–Crippen MR) is 97.4 cm³/mol. The second-order valence-corrected chi connectivity index (χ2v) is 8.04. The van der Waals surface area contributed by atoms with Crippen molar-refractivity contribution < 1.29 is 14.3 Å². The molecule has 0 bridgehead atoms. The Labute approximate surface area is 150 Å². The molecule has 25 heavy (non-hydrogen) atoms. The maximum atomic E-state index is 12.1. The van der Waals surface area contributed by atoms with Gasteiger partial charge in [0.15, 0.2) is 11.5 Å². The molecule has 3 fully saturated rings. The summed E-state index contributed by atoms with van der Waals surface area (Å²) in [7, 11) is 3.87. The summed E-state index contributed by atoms with van der Waals surface area (Å²) in [6.45, 7) is 1.06. The molecule has 0 N–H and O–H groups in total. The number of methoxy groups -OCH3 is 1. The summed E-state index contributed by atoms with van der Waals surface area (Å²) >= 11 is 0. The van der Waals surface area contributed by atoms with Crippen LogP contribution in [0.25, 0.3) is 0 Å². The van der Waals surface area contributed by atoms with E-state index >= 15 is 0 Å². The zero-order valence-electron chi connectivity index (χ0n) is 15.4. The highest BCUT2D eigenvalue weighted by atomic mass is 16.5. The Balaban J connectivity index is 1.68. The lowest BCUT2D eigenvalue weighted by atomic mass is 9.66. The van der Waals surface area contributed by atoms with Gasteiger partial charge in [0, 0.05) is 24.3 Å². The molecule has 2 aliphatic carbocycles. The number of ketones is 1. The Bertz CT molecular complexity index is 653. The lowest BCUT2D eigenvalue weighted by molar-refractivity contribution is -0.122. The van der Waals surface area contributed by atoms with Crippen LogP contribution in [0.2, 0.25) is 0 Å². The Kier molecular flexibility index (Phi) is 4.48. The van der Waals surface area contributed by atoms with E-state index in [9.17, 15) is 4.79 Å². The van der Waals surface area contributed by atoms with Gasteiger partial charge in [-0.15, -0.1) is 0 Å². The van der Waals surface area contributed by atoms with Crippen molar-refractivity contribution in [3.63, 3.8) is 0 Å². The summed E-state index contributed by atoms with van der Waals surface area (Å²) in [5.74, 6) is 2.11. The van der Waals surface area contributed by atoms with Crippen LogP contribution in [-0.2, 0) is 10.2 Å². The summed E-state index contributed by atoms with van der Waals surface area (Å²) < 4.78 is 11.9. The van der Waals surface area contributed by atoms with Crippen LogP contribution in [-0.4, -0.2) is 43.5 Å². The molecule has 4 nitrogen and oxygen atoms in total. The molecule has 0 spiro atoms. The van der Waals surface area contributed by atoms with Crippen molar-refractivity contribution in [2.75, 3.05) is 20.7 Å². The van der Waals surface area contributed by atoms with Crippen molar-refractivity contribution in [2.24, 2.45) is 0 Å². The molecule has 3 aliphatic rings. The number of ether oxygens (including phenoxy) is 2. The molecule has 2 atom stereocenters. The lowest BCUT2D eigenvalue weighted by Crippen LogP contribution is -2.46. The van der Waals surface area contributed by atoms with Gasteiger partial charge >= 0.3 is 0 Å². The molecule has 4 rings (SSSR count). The highest BCUT2D eigenvalue weighted by Crippen LogP contribution is 2.49. The number of rotatable bonds is 4. The van der Waals surface area contributed by atoms with Gasteiger partial charge in [-0.1, -0.05) is 6.07 Å². The normalized spacial score (nSPS) is 30.5. The number of benzene rings is 1. The molecule has 0 radical (unpaired) electrons. The molecule has 1 heterocycles. The van der Waals surface area contributed by atoms with Gasteiger partial charge in [0.2, 0.25) is 0 Å². The topological polar surface area (TPSA) is 38.8 Å². The molecular weight excluding hydrogens is 314 g/mol. The van der Waals surface area contributed by atoms with Crippen LogP contribution in [0.15, 0.2) is 18.2 Å². The molecule has 1 aromatic carbocycles. The smallest absolute Gasteiger partial charge is 0.161 e. The standard InChI is InChI=1S/C21H29NO3/c1-22-12-11-21(10-9-16(23)14-20(21)22)15-7-8-18(24-2)19(13-15)25-17-5-3-4-6-17/h7-8,13,17,20H,3-6,9-12,14H2,1-2H3/t20-,21-/m0/s1. The van der Waals surface area contributed by atoms with Gasteiger partial charge in [0.1, 0.15) is 5.78 Å². The average molecular weight is 343 g/mol. The molecule has 4 heteroatoms. The fourth-order valence-electron chi connectivity index (χ4n) is 5.19. The SMILES string of the molecule is COc1ccc([C@@]23CCC(=O)C[C@@H]2N(C)CC3)cc1OC1CCCC1. The van der Waals surface area contributed by atoms with Crippen molar-refractivity contribution in [1.82, 2.24) is 4.90 Å². The van der Waals surface area contributed by atoms with E-state index in [1.807, 2.05) is 0 Å². The molecule has 0 aromatic heterocycles. The maximum Gasteiger partial charge on any atom is 0.161 e. The quantitative estimate of drug-likeness (QED) is 0.835. The van der Waals surface area contributed by atoms with Gasteiger partial charge in [-0.2, -0.15) is 0 Å². The first-order valence-electron chi connectivity index (χ1n) is 9.69. The number of likely N-dealkylation sites (N-methyl/N-ethyl adjacent to an activating group) is 1. The van der Waals surface area contributed by atoms with E-state index in [4.69, 9.17) is 9.47 Å². The Hall–Kier alpha value is -1.55. The van der Waals surface area contributed by atoms with Crippen LogP contribution in [0, 0.1) is 0 Å². The van der Waals surface area contributed by atoms with Crippen molar-refractivity contribution in [2.45, 2.75) is 68.9 Å². The summed E-state index contributed by atoms with van der Waals surface area (Å²) in [4.78, 5) is 14.4. The minimum Gasteiger partial charge on any atom is -0.493 e. The van der Waals surface area contributed by atoms with Gasteiger partial charge in [0.25, 0.3) is 0 Å². The second-order valence-electron chi connectivity index (χ2n) is 8.04. The van der Waals surface area contributed by atoms with E-state index in [-0.39, 0.29) is 5.41 Å². The second kappa shape index (κ2) is 6.64. The molecule has 0 unspecified atom stereocenters. The Morgan fingerprint density at radius 1 is 1.16 bits per heavy atom. The van der Waals surface area contributed by atoms with Gasteiger partial charge in [-0.25, -0.2) is 0 Å². The van der Waals surface area contributed by atoms with Crippen LogP contribution in [0.1, 0.15) is 56.9 Å². The zero-order valence-corrected chi connectivity index (χ0v) is 15.4. The minimum atomic E-state index is 0.0860. The third kappa shape index (κ3) is 2.95. The van der Waals surface area contributed by atoms with E-state index in [0.29, 0.717) is 30.8 Å². The molecule has 0 amide bonds. The van der Waals surface area contributed by atoms with Crippen LogP contribution in [0.3, 0.4) is 0 Å². The first-order valence-corrected chi connectivity index (χ1v) is 9.69. The fraction of sp³-hybridized carbons (Fsp3) is 0.667. The monoisotopic (exact) mass is 343 g/mol. The minimum absolute atomic E-state index is 0.0860. The number of hydrogen-bond donors (Lipinski definition) is 0. The van der Waals surface area contributed by atoms with Crippen molar-refractivity contribution in [3.8, 4) is 11.5 Å². The van der Waals surface area contributed by atoms with Crippen molar-refractivity contribution in [1.29, 1.82) is 0 Å². The highest BCUT2D eigenvalue weighted by Gasteiger charge is 2.50. The molecule has 2 saturated carbocycles. The number of likely N-dealkylation sites (tertiary alicyclic amines) is 1. The zero-order chi connectivity index (χ0) is 17.4. The number of fused-ring (bicyclic) bond motifs is 1. The van der Waals surface area contributed by atoms with E-state index in [0.717, 1.165) is 43.7 Å². The molecule has 1 saturated heterocycles. The Morgan fingerprint density at radius 3 is 2.72 bits per heavy atom. The lowest BCUT2D eigenvalue weighted by Gasteiger charge is -2.41. The van der Waals surface area contributed by atoms with Crippen LogP contribution >= 0.6 is 0 Å². The number of nitrogens with zero attached hydrogens (tertiary/aromatic N) is 1. The van der Waals surface area contributed by atoms with E-state index in [1.54, 1.807) is 7.11 Å². The first-order chi connectivity index (χ1) is 12.1. The van der Waals surface area contributed by atoms with E-state index in [1.165, 1.54) is 18.4 Å². The third-order valence-electron chi connectivity index (χ3n) is 6.69. The van der Waals surface area contributed by atoms with Gasteiger partial charge in [-0.05, 0) is 69.8 Å².